The van der Waals surface area contributed by atoms with Gasteiger partial charge >= 0.3 is 5.97 Å². The van der Waals surface area contributed by atoms with Gasteiger partial charge in [-0.1, -0.05) is 25.0 Å². The molecule has 16 heavy (non-hydrogen) atoms. The van der Waals surface area contributed by atoms with Crippen molar-refractivity contribution in [3.63, 3.8) is 0 Å². The normalized spacial score (nSPS) is 16.3. The van der Waals surface area contributed by atoms with E-state index in [4.69, 9.17) is 4.74 Å². The number of carbonyl (C=O) groups is 1. The number of hydrogen-bond donors (Lipinski definition) is 0. The molecule has 2 rings (SSSR count). The minimum Gasteiger partial charge on any atom is -0.462 e. The van der Waals surface area contributed by atoms with Crippen LogP contribution in [0.15, 0.2) is 24.3 Å². The van der Waals surface area contributed by atoms with Gasteiger partial charge in [-0.3, -0.25) is 0 Å². The van der Waals surface area contributed by atoms with E-state index in [0.29, 0.717) is 18.1 Å². The van der Waals surface area contributed by atoms with Crippen molar-refractivity contribution in [3.05, 3.63) is 35.4 Å². The number of esters is 1. The predicted octanol–water partition coefficient (Wildman–Crippen LogP) is 3.52. The summed E-state index contributed by atoms with van der Waals surface area (Å²) in [6.07, 6.45) is 5.26. The standard InChI is InChI=1S/C14H18O2/c1-2-16-14(15)13-9-7-12(8-10-13)11-5-3-4-6-11/h7-11H,2-6H2,1H3. The van der Waals surface area contributed by atoms with Crippen LogP contribution in [0, 0.1) is 0 Å². The largest absolute Gasteiger partial charge is 0.462 e. The number of hydrogen-bond acceptors (Lipinski definition) is 2. The molecule has 0 saturated heterocycles. The highest BCUT2D eigenvalue weighted by molar-refractivity contribution is 5.89. The van der Waals surface area contributed by atoms with E-state index in [1.165, 1.54) is 31.2 Å². The van der Waals surface area contributed by atoms with Crippen molar-refractivity contribution >= 4 is 5.97 Å². The number of ether oxygens (including phenoxy) is 1. The lowest BCUT2D eigenvalue weighted by atomic mass is 9.97. The second-order valence-electron chi connectivity index (χ2n) is 4.32. The van der Waals surface area contributed by atoms with E-state index in [2.05, 4.69) is 12.1 Å². The summed E-state index contributed by atoms with van der Waals surface area (Å²) in [7, 11) is 0. The number of benzene rings is 1. The third-order valence-electron chi connectivity index (χ3n) is 3.25. The summed E-state index contributed by atoms with van der Waals surface area (Å²) in [5, 5.41) is 0. The van der Waals surface area contributed by atoms with E-state index in [1.54, 1.807) is 0 Å². The van der Waals surface area contributed by atoms with Crippen LogP contribution in [0.5, 0.6) is 0 Å². The molecule has 0 aromatic heterocycles. The minimum absolute atomic E-state index is 0.222. The third kappa shape index (κ3) is 2.43. The monoisotopic (exact) mass is 218 g/mol. The molecule has 1 aromatic rings. The fourth-order valence-corrected chi connectivity index (χ4v) is 2.36. The molecule has 0 aliphatic heterocycles. The Morgan fingerprint density at radius 1 is 1.25 bits per heavy atom. The molecule has 1 fully saturated rings. The Hall–Kier alpha value is -1.31. The molecule has 1 aromatic carbocycles. The Balaban J connectivity index is 2.06. The maximum Gasteiger partial charge on any atom is 0.338 e. The van der Waals surface area contributed by atoms with Gasteiger partial charge in [0.25, 0.3) is 0 Å². The van der Waals surface area contributed by atoms with Crippen LogP contribution in [-0.2, 0) is 4.74 Å². The van der Waals surface area contributed by atoms with Gasteiger partial charge < -0.3 is 4.74 Å². The van der Waals surface area contributed by atoms with Gasteiger partial charge in [0, 0.05) is 0 Å². The van der Waals surface area contributed by atoms with Gasteiger partial charge in [0.2, 0.25) is 0 Å². The molecule has 0 unspecified atom stereocenters. The summed E-state index contributed by atoms with van der Waals surface area (Å²) < 4.78 is 4.95. The van der Waals surface area contributed by atoms with E-state index in [0.717, 1.165) is 0 Å². The Morgan fingerprint density at radius 2 is 1.88 bits per heavy atom. The van der Waals surface area contributed by atoms with Crippen LogP contribution < -0.4 is 0 Å². The summed E-state index contributed by atoms with van der Waals surface area (Å²) in [5.41, 5.74) is 2.02. The van der Waals surface area contributed by atoms with Gasteiger partial charge in [-0.15, -0.1) is 0 Å². The molecule has 0 bridgehead atoms. The smallest absolute Gasteiger partial charge is 0.338 e. The van der Waals surface area contributed by atoms with E-state index < -0.39 is 0 Å². The first-order chi connectivity index (χ1) is 7.81. The first-order valence-electron chi connectivity index (χ1n) is 6.08. The molecular weight excluding hydrogens is 200 g/mol. The Bertz CT molecular complexity index is 348. The third-order valence-corrected chi connectivity index (χ3v) is 3.25. The van der Waals surface area contributed by atoms with Gasteiger partial charge in [-0.25, -0.2) is 4.79 Å². The van der Waals surface area contributed by atoms with Gasteiger partial charge in [-0.2, -0.15) is 0 Å². The van der Waals surface area contributed by atoms with Crippen molar-refractivity contribution in [2.24, 2.45) is 0 Å². The zero-order valence-electron chi connectivity index (χ0n) is 9.74. The number of carbonyl (C=O) groups excluding carboxylic acids is 1. The number of rotatable bonds is 3. The van der Waals surface area contributed by atoms with Crippen molar-refractivity contribution in [2.75, 3.05) is 6.61 Å². The SMILES string of the molecule is CCOC(=O)c1ccc(C2CCCC2)cc1. The molecule has 86 valence electrons. The average molecular weight is 218 g/mol. The summed E-state index contributed by atoms with van der Waals surface area (Å²) in [5.74, 6) is 0.483. The Morgan fingerprint density at radius 3 is 2.44 bits per heavy atom. The molecule has 0 spiro atoms. The second-order valence-corrected chi connectivity index (χ2v) is 4.32. The van der Waals surface area contributed by atoms with Crippen molar-refractivity contribution in [3.8, 4) is 0 Å². The molecule has 2 heteroatoms. The van der Waals surface area contributed by atoms with Gasteiger partial charge in [-0.05, 0) is 43.4 Å². The zero-order chi connectivity index (χ0) is 11.4. The molecule has 0 atom stereocenters. The van der Waals surface area contributed by atoms with Crippen LogP contribution in [0.3, 0.4) is 0 Å². The Kier molecular flexibility index (Phi) is 3.60. The van der Waals surface area contributed by atoms with Crippen LogP contribution in [0.25, 0.3) is 0 Å². The molecule has 0 heterocycles. The zero-order valence-corrected chi connectivity index (χ0v) is 9.74. The minimum atomic E-state index is -0.222. The summed E-state index contributed by atoms with van der Waals surface area (Å²) in [6, 6.07) is 7.90. The topological polar surface area (TPSA) is 26.3 Å². The molecule has 0 amide bonds. The van der Waals surface area contributed by atoms with E-state index in [9.17, 15) is 4.79 Å². The van der Waals surface area contributed by atoms with Crippen molar-refractivity contribution in [1.29, 1.82) is 0 Å². The van der Waals surface area contributed by atoms with Crippen LogP contribution in [0.2, 0.25) is 0 Å². The molecule has 0 N–H and O–H groups in total. The van der Waals surface area contributed by atoms with Crippen molar-refractivity contribution in [1.82, 2.24) is 0 Å². The van der Waals surface area contributed by atoms with Crippen LogP contribution in [0.4, 0.5) is 0 Å². The maximum atomic E-state index is 11.5. The average Bonchev–Trinajstić information content (AvgIpc) is 2.83. The van der Waals surface area contributed by atoms with Crippen LogP contribution in [-0.4, -0.2) is 12.6 Å². The Labute approximate surface area is 96.6 Å². The maximum absolute atomic E-state index is 11.5. The van der Waals surface area contributed by atoms with E-state index >= 15 is 0 Å². The fraction of sp³-hybridized carbons (Fsp3) is 0.500. The molecule has 1 aliphatic rings. The second kappa shape index (κ2) is 5.15. The van der Waals surface area contributed by atoms with E-state index in [1.807, 2.05) is 19.1 Å². The quantitative estimate of drug-likeness (QED) is 0.725. The van der Waals surface area contributed by atoms with Crippen molar-refractivity contribution < 1.29 is 9.53 Å². The van der Waals surface area contributed by atoms with Crippen LogP contribution in [0.1, 0.15) is 54.4 Å². The first kappa shape index (κ1) is 11.2. The summed E-state index contributed by atoms with van der Waals surface area (Å²) in [6.45, 7) is 2.26. The lowest BCUT2D eigenvalue weighted by molar-refractivity contribution is 0.0526. The lowest BCUT2D eigenvalue weighted by Gasteiger charge is -2.09. The van der Waals surface area contributed by atoms with Crippen LogP contribution >= 0.6 is 0 Å². The highest BCUT2D eigenvalue weighted by atomic mass is 16.5. The molecule has 1 saturated carbocycles. The van der Waals surface area contributed by atoms with E-state index in [-0.39, 0.29) is 5.97 Å². The molecule has 2 nitrogen and oxygen atoms in total. The highest BCUT2D eigenvalue weighted by Gasteiger charge is 2.17. The first-order valence-corrected chi connectivity index (χ1v) is 6.08. The molecule has 1 aliphatic carbocycles. The molecule has 0 radical (unpaired) electrons. The lowest BCUT2D eigenvalue weighted by Crippen LogP contribution is -2.04. The van der Waals surface area contributed by atoms with Gasteiger partial charge in [0.15, 0.2) is 0 Å². The molecular formula is C14H18O2. The highest BCUT2D eigenvalue weighted by Crippen LogP contribution is 2.33. The summed E-state index contributed by atoms with van der Waals surface area (Å²) in [4.78, 5) is 11.5. The van der Waals surface area contributed by atoms with Gasteiger partial charge in [0.1, 0.15) is 0 Å². The predicted molar refractivity (Wildman–Crippen MR) is 63.6 cm³/mol. The van der Waals surface area contributed by atoms with Crippen molar-refractivity contribution in [2.45, 2.75) is 38.5 Å². The fourth-order valence-electron chi connectivity index (χ4n) is 2.36. The summed E-state index contributed by atoms with van der Waals surface area (Å²) >= 11 is 0. The van der Waals surface area contributed by atoms with Gasteiger partial charge in [0.05, 0.1) is 12.2 Å².